The Bertz CT molecular complexity index is 494. The minimum Gasteiger partial charge on any atom is -0.496 e. The number of nitrogens with zero attached hydrogens (tertiary/aromatic N) is 2. The Hall–Kier alpha value is -0.580. The van der Waals surface area contributed by atoms with Crippen molar-refractivity contribution < 1.29 is 4.74 Å². The van der Waals surface area contributed by atoms with Gasteiger partial charge in [-0.15, -0.1) is 0 Å². The van der Waals surface area contributed by atoms with Gasteiger partial charge in [0.15, 0.2) is 0 Å². The number of piperidine rings is 1. The zero-order valence-corrected chi connectivity index (χ0v) is 14.6. The molecular formula is C17H25BrN2O. The summed E-state index contributed by atoms with van der Waals surface area (Å²) in [4.78, 5) is 5.34. The monoisotopic (exact) mass is 352 g/mol. The molecule has 2 atom stereocenters. The van der Waals surface area contributed by atoms with E-state index in [0.29, 0.717) is 6.04 Å². The second kappa shape index (κ2) is 6.67. The van der Waals surface area contributed by atoms with Crippen molar-refractivity contribution in [3.63, 3.8) is 0 Å². The summed E-state index contributed by atoms with van der Waals surface area (Å²) in [5.74, 6) is 0.906. The van der Waals surface area contributed by atoms with Gasteiger partial charge in [-0.25, -0.2) is 0 Å². The van der Waals surface area contributed by atoms with Crippen molar-refractivity contribution >= 4 is 15.9 Å². The Morgan fingerprint density at radius 3 is 2.90 bits per heavy atom. The van der Waals surface area contributed by atoms with Crippen molar-refractivity contribution in [2.24, 2.45) is 0 Å². The van der Waals surface area contributed by atoms with Crippen LogP contribution in [-0.4, -0.2) is 48.6 Å². The van der Waals surface area contributed by atoms with Crippen LogP contribution in [-0.2, 0) is 6.54 Å². The van der Waals surface area contributed by atoms with Gasteiger partial charge in [0.2, 0.25) is 0 Å². The molecule has 21 heavy (non-hydrogen) atoms. The quantitative estimate of drug-likeness (QED) is 0.827. The van der Waals surface area contributed by atoms with Gasteiger partial charge in [-0.2, -0.15) is 0 Å². The van der Waals surface area contributed by atoms with Gasteiger partial charge in [0.25, 0.3) is 0 Å². The number of fused-ring (bicyclic) bond motifs is 1. The highest BCUT2D eigenvalue weighted by Gasteiger charge is 2.32. The van der Waals surface area contributed by atoms with Gasteiger partial charge in [0.05, 0.1) is 11.6 Å². The molecule has 0 bridgehead atoms. The van der Waals surface area contributed by atoms with Crippen LogP contribution in [0.4, 0.5) is 0 Å². The van der Waals surface area contributed by atoms with Gasteiger partial charge in [0.1, 0.15) is 5.75 Å². The van der Waals surface area contributed by atoms with Gasteiger partial charge in [0, 0.05) is 31.7 Å². The molecule has 1 aromatic rings. The van der Waals surface area contributed by atoms with Crippen LogP contribution in [0.5, 0.6) is 5.75 Å². The van der Waals surface area contributed by atoms with Crippen LogP contribution in [0.2, 0.25) is 0 Å². The lowest BCUT2D eigenvalue weighted by Crippen LogP contribution is -2.58. The number of halogens is 1. The molecule has 116 valence electrons. The molecular weight excluding hydrogens is 328 g/mol. The van der Waals surface area contributed by atoms with E-state index >= 15 is 0 Å². The molecule has 0 spiro atoms. The van der Waals surface area contributed by atoms with Gasteiger partial charge in [-0.05, 0) is 59.9 Å². The van der Waals surface area contributed by atoms with Crippen LogP contribution in [0, 0.1) is 0 Å². The lowest BCUT2D eigenvalue weighted by atomic mass is 9.97. The first-order valence-electron chi connectivity index (χ1n) is 7.98. The van der Waals surface area contributed by atoms with Crippen molar-refractivity contribution in [1.29, 1.82) is 0 Å². The van der Waals surface area contributed by atoms with Crippen molar-refractivity contribution in [1.82, 2.24) is 9.80 Å². The van der Waals surface area contributed by atoms with E-state index in [1.807, 2.05) is 0 Å². The average molecular weight is 353 g/mol. The molecule has 2 heterocycles. The first-order valence-corrected chi connectivity index (χ1v) is 8.77. The van der Waals surface area contributed by atoms with E-state index < -0.39 is 0 Å². The van der Waals surface area contributed by atoms with E-state index in [2.05, 4.69) is 50.9 Å². The van der Waals surface area contributed by atoms with E-state index in [1.54, 1.807) is 7.11 Å². The number of piperazine rings is 1. The third kappa shape index (κ3) is 3.43. The van der Waals surface area contributed by atoms with Crippen LogP contribution in [0.3, 0.4) is 0 Å². The fraction of sp³-hybridized carbons (Fsp3) is 0.647. The first kappa shape index (κ1) is 15.3. The summed E-state index contributed by atoms with van der Waals surface area (Å²) in [6, 6.07) is 7.85. The molecule has 2 fully saturated rings. The Balaban J connectivity index is 1.67. The Morgan fingerprint density at radius 1 is 1.29 bits per heavy atom. The third-order valence-corrected chi connectivity index (χ3v) is 5.54. The normalized spacial score (nSPS) is 27.4. The van der Waals surface area contributed by atoms with Crippen LogP contribution in [0.1, 0.15) is 31.7 Å². The van der Waals surface area contributed by atoms with Crippen LogP contribution >= 0.6 is 15.9 Å². The number of rotatable bonds is 3. The van der Waals surface area contributed by atoms with Crippen molar-refractivity contribution in [3.05, 3.63) is 28.2 Å². The van der Waals surface area contributed by atoms with E-state index in [4.69, 9.17) is 4.74 Å². The number of hydrogen-bond acceptors (Lipinski definition) is 3. The maximum Gasteiger partial charge on any atom is 0.133 e. The van der Waals surface area contributed by atoms with Crippen molar-refractivity contribution in [2.45, 2.75) is 44.8 Å². The van der Waals surface area contributed by atoms with E-state index in [-0.39, 0.29) is 0 Å². The molecule has 1 aromatic carbocycles. The molecule has 0 N–H and O–H groups in total. The fourth-order valence-corrected chi connectivity index (χ4v) is 4.26. The molecule has 3 rings (SSSR count). The van der Waals surface area contributed by atoms with E-state index in [0.717, 1.165) is 22.8 Å². The number of hydrogen-bond donors (Lipinski definition) is 0. The number of methoxy groups -OCH3 is 1. The second-order valence-electron chi connectivity index (χ2n) is 6.39. The lowest BCUT2D eigenvalue weighted by molar-refractivity contribution is 0.0111. The van der Waals surface area contributed by atoms with Crippen LogP contribution < -0.4 is 4.74 Å². The molecule has 3 nitrogen and oxygen atoms in total. The highest BCUT2D eigenvalue weighted by molar-refractivity contribution is 9.10. The van der Waals surface area contributed by atoms with E-state index in [1.165, 1.54) is 44.5 Å². The molecule has 2 unspecified atom stereocenters. The fourth-order valence-electron chi connectivity index (χ4n) is 3.68. The lowest BCUT2D eigenvalue weighted by Gasteiger charge is -2.47. The molecule has 0 amide bonds. The number of ether oxygens (including phenoxy) is 1. The van der Waals surface area contributed by atoms with Crippen LogP contribution in [0.15, 0.2) is 22.7 Å². The predicted octanol–water partition coefficient (Wildman–Crippen LogP) is 3.52. The Labute approximate surface area is 136 Å². The largest absolute Gasteiger partial charge is 0.496 e. The van der Waals surface area contributed by atoms with Crippen molar-refractivity contribution in [2.75, 3.05) is 26.7 Å². The van der Waals surface area contributed by atoms with Gasteiger partial charge < -0.3 is 4.74 Å². The molecule has 0 radical (unpaired) electrons. The first-order chi connectivity index (χ1) is 10.2. The summed E-state index contributed by atoms with van der Waals surface area (Å²) in [6.07, 6.45) is 4.15. The molecule has 2 saturated heterocycles. The summed E-state index contributed by atoms with van der Waals surface area (Å²) in [5.41, 5.74) is 1.36. The zero-order chi connectivity index (χ0) is 14.8. The topological polar surface area (TPSA) is 15.7 Å². The summed E-state index contributed by atoms with van der Waals surface area (Å²) in [7, 11) is 1.71. The highest BCUT2D eigenvalue weighted by Crippen LogP contribution is 2.28. The van der Waals surface area contributed by atoms with Crippen LogP contribution in [0.25, 0.3) is 0 Å². The molecule has 2 aliphatic rings. The third-order valence-electron chi connectivity index (χ3n) is 4.92. The van der Waals surface area contributed by atoms with Crippen molar-refractivity contribution in [3.8, 4) is 5.75 Å². The average Bonchev–Trinajstić information content (AvgIpc) is 2.48. The zero-order valence-electron chi connectivity index (χ0n) is 13.0. The Kier molecular flexibility index (Phi) is 4.87. The minimum atomic E-state index is 0.639. The molecule has 0 aliphatic carbocycles. The maximum absolute atomic E-state index is 5.31. The van der Waals surface area contributed by atoms with Gasteiger partial charge in [-0.1, -0.05) is 12.5 Å². The molecule has 4 heteroatoms. The van der Waals surface area contributed by atoms with Gasteiger partial charge in [-0.3, -0.25) is 9.80 Å². The standard InChI is InChI=1S/C17H25BrN2O/c1-13-10-19-8-4-3-5-15(19)12-20(13)11-14-6-7-17(21-2)16(18)9-14/h6-7,9,13,15H,3-5,8,10-12H2,1-2H3. The summed E-state index contributed by atoms with van der Waals surface area (Å²) in [6.45, 7) is 7.14. The SMILES string of the molecule is COc1ccc(CN2CC3CCCCN3CC2C)cc1Br. The molecule has 2 aliphatic heterocycles. The maximum atomic E-state index is 5.31. The molecule has 0 aromatic heterocycles. The highest BCUT2D eigenvalue weighted by atomic mass is 79.9. The predicted molar refractivity (Wildman–Crippen MR) is 89.8 cm³/mol. The summed E-state index contributed by atoms with van der Waals surface area (Å²) in [5, 5.41) is 0. The summed E-state index contributed by atoms with van der Waals surface area (Å²) < 4.78 is 6.36. The smallest absolute Gasteiger partial charge is 0.133 e. The minimum absolute atomic E-state index is 0.639. The van der Waals surface area contributed by atoms with E-state index in [9.17, 15) is 0 Å². The Morgan fingerprint density at radius 2 is 2.14 bits per heavy atom. The second-order valence-corrected chi connectivity index (χ2v) is 7.25. The van der Waals surface area contributed by atoms with Gasteiger partial charge >= 0.3 is 0 Å². The summed E-state index contributed by atoms with van der Waals surface area (Å²) >= 11 is 3.59. The number of benzene rings is 1. The molecule has 0 saturated carbocycles.